The van der Waals surface area contributed by atoms with Crippen molar-refractivity contribution in [3.8, 4) is 17.0 Å². The van der Waals surface area contributed by atoms with Gasteiger partial charge in [0.2, 0.25) is 0 Å². The fourth-order valence-corrected chi connectivity index (χ4v) is 5.27. The predicted octanol–water partition coefficient (Wildman–Crippen LogP) is 3.11. The van der Waals surface area contributed by atoms with Crippen LogP contribution in [0.15, 0.2) is 18.3 Å². The molecule has 0 amide bonds. The highest BCUT2D eigenvalue weighted by Gasteiger charge is 2.58. The fourth-order valence-electron chi connectivity index (χ4n) is 5.27. The second-order valence-electron chi connectivity index (χ2n) is 8.56. The Morgan fingerprint density at radius 1 is 1.19 bits per heavy atom. The number of anilines is 1. The molecule has 3 heterocycles. The molecule has 2 aliphatic carbocycles. The van der Waals surface area contributed by atoms with Gasteiger partial charge in [-0.1, -0.05) is 6.92 Å². The molecule has 2 unspecified atom stereocenters. The Morgan fingerprint density at radius 2 is 1.94 bits per heavy atom. The first-order valence-electron chi connectivity index (χ1n) is 10.9. The standard InChI is InChI=1S/C22H27F2N5O2/c1-2-19-27-16(12-7-18(31-22(23)24)21(25)26-11-12)10-17(28-19)20-14-8-13(9-15(14)20)29-3-5-30-6-4-29/h7,10-11,13-15,20,22H,2-6,8-9H2,1H3,(H2,25,26)/t13?,14-,15+,20?. The van der Waals surface area contributed by atoms with Crippen LogP contribution < -0.4 is 10.5 Å². The van der Waals surface area contributed by atoms with E-state index in [1.165, 1.54) is 18.9 Å². The number of nitrogens with zero attached hydrogens (tertiary/aromatic N) is 4. The Morgan fingerprint density at radius 3 is 2.61 bits per heavy atom. The minimum absolute atomic E-state index is 0.0695. The molecule has 0 aromatic carbocycles. The van der Waals surface area contributed by atoms with Gasteiger partial charge in [0, 0.05) is 48.9 Å². The number of aromatic nitrogens is 3. The van der Waals surface area contributed by atoms with E-state index >= 15 is 0 Å². The van der Waals surface area contributed by atoms with Crippen molar-refractivity contribution in [3.05, 3.63) is 29.8 Å². The number of morpholine rings is 1. The van der Waals surface area contributed by atoms with Gasteiger partial charge < -0.3 is 15.2 Å². The minimum Gasteiger partial charge on any atom is -0.431 e. The van der Waals surface area contributed by atoms with E-state index < -0.39 is 6.61 Å². The average molecular weight is 431 g/mol. The molecule has 0 radical (unpaired) electrons. The van der Waals surface area contributed by atoms with E-state index in [2.05, 4.69) is 19.6 Å². The SMILES string of the molecule is CCc1nc(-c2cnc(N)c(OC(F)F)c2)cc(C2[C@H]3CC(N4CCOCC4)C[C@@H]23)n1. The van der Waals surface area contributed by atoms with Gasteiger partial charge >= 0.3 is 6.61 Å². The number of aryl methyl sites for hydroxylation is 1. The Labute approximate surface area is 180 Å². The normalized spacial score (nSPS) is 28.0. The summed E-state index contributed by atoms with van der Waals surface area (Å²) in [5.41, 5.74) is 8.00. The number of alkyl halides is 2. The summed E-state index contributed by atoms with van der Waals surface area (Å²) >= 11 is 0. The minimum atomic E-state index is -2.96. The highest BCUT2D eigenvalue weighted by molar-refractivity contribution is 5.64. The summed E-state index contributed by atoms with van der Waals surface area (Å²) in [7, 11) is 0. The molecule has 166 valence electrons. The molecule has 7 nitrogen and oxygen atoms in total. The quantitative estimate of drug-likeness (QED) is 0.752. The molecule has 2 N–H and O–H groups in total. The van der Waals surface area contributed by atoms with E-state index in [1.54, 1.807) is 6.20 Å². The number of hydrogen-bond acceptors (Lipinski definition) is 7. The molecule has 3 fully saturated rings. The first-order valence-corrected chi connectivity index (χ1v) is 10.9. The third-order valence-corrected chi connectivity index (χ3v) is 6.83. The summed E-state index contributed by atoms with van der Waals surface area (Å²) in [5.74, 6) is 2.30. The van der Waals surface area contributed by atoms with Crippen molar-refractivity contribution in [2.24, 2.45) is 11.8 Å². The number of fused-ring (bicyclic) bond motifs is 1. The summed E-state index contributed by atoms with van der Waals surface area (Å²) in [5, 5.41) is 0. The topological polar surface area (TPSA) is 86.4 Å². The van der Waals surface area contributed by atoms with Gasteiger partial charge in [0.1, 0.15) is 5.82 Å². The number of hydrogen-bond donors (Lipinski definition) is 1. The average Bonchev–Trinajstić information content (AvgIpc) is 3.28. The van der Waals surface area contributed by atoms with Crippen LogP contribution in [0.5, 0.6) is 5.75 Å². The van der Waals surface area contributed by atoms with Crippen LogP contribution in [0.3, 0.4) is 0 Å². The lowest BCUT2D eigenvalue weighted by atomic mass is 10.0. The molecule has 3 aliphatic rings. The molecule has 0 spiro atoms. The van der Waals surface area contributed by atoms with Crippen LogP contribution in [-0.4, -0.2) is 58.8 Å². The lowest BCUT2D eigenvalue weighted by Crippen LogP contribution is -2.43. The maximum Gasteiger partial charge on any atom is 0.387 e. The van der Waals surface area contributed by atoms with Crippen LogP contribution in [0, 0.1) is 11.8 Å². The number of nitrogens with two attached hydrogens (primary N) is 1. The molecule has 4 atom stereocenters. The van der Waals surface area contributed by atoms with Gasteiger partial charge in [-0.25, -0.2) is 15.0 Å². The van der Waals surface area contributed by atoms with Gasteiger partial charge in [-0.2, -0.15) is 8.78 Å². The van der Waals surface area contributed by atoms with E-state index in [4.69, 9.17) is 15.5 Å². The van der Waals surface area contributed by atoms with Crippen molar-refractivity contribution in [3.63, 3.8) is 0 Å². The van der Waals surface area contributed by atoms with Gasteiger partial charge in [-0.05, 0) is 36.8 Å². The Hall–Kier alpha value is -2.39. The maximum atomic E-state index is 12.7. The highest BCUT2D eigenvalue weighted by atomic mass is 19.3. The molecule has 9 heteroatoms. The second-order valence-corrected chi connectivity index (χ2v) is 8.56. The lowest BCUT2D eigenvalue weighted by Gasteiger charge is -2.33. The van der Waals surface area contributed by atoms with Gasteiger partial charge in [0.15, 0.2) is 11.6 Å². The van der Waals surface area contributed by atoms with Gasteiger partial charge in [0.05, 0.1) is 18.9 Å². The smallest absolute Gasteiger partial charge is 0.387 e. The van der Waals surface area contributed by atoms with E-state index in [-0.39, 0.29) is 11.6 Å². The number of halogens is 2. The van der Waals surface area contributed by atoms with Crippen LogP contribution in [0.2, 0.25) is 0 Å². The van der Waals surface area contributed by atoms with Crippen molar-refractivity contribution in [1.29, 1.82) is 0 Å². The van der Waals surface area contributed by atoms with Crippen molar-refractivity contribution in [2.45, 2.75) is 44.8 Å². The zero-order chi connectivity index (χ0) is 21.5. The molecular weight excluding hydrogens is 404 g/mol. The Bertz CT molecular complexity index is 941. The van der Waals surface area contributed by atoms with Crippen molar-refractivity contribution >= 4 is 5.82 Å². The number of nitrogen functional groups attached to an aromatic ring is 1. The summed E-state index contributed by atoms with van der Waals surface area (Å²) in [6.45, 7) is 2.77. The second kappa shape index (κ2) is 8.27. The first kappa shape index (κ1) is 20.5. The molecule has 1 saturated heterocycles. The summed E-state index contributed by atoms with van der Waals surface area (Å²) in [6, 6.07) is 4.10. The van der Waals surface area contributed by atoms with Crippen LogP contribution in [0.25, 0.3) is 11.3 Å². The highest BCUT2D eigenvalue weighted by Crippen LogP contribution is 2.63. The number of ether oxygens (including phenoxy) is 2. The summed E-state index contributed by atoms with van der Waals surface area (Å²) < 4.78 is 35.4. The largest absolute Gasteiger partial charge is 0.431 e. The third kappa shape index (κ3) is 4.08. The van der Waals surface area contributed by atoms with Crippen molar-refractivity contribution in [1.82, 2.24) is 19.9 Å². The Kier molecular flexibility index (Phi) is 5.47. The predicted molar refractivity (Wildman–Crippen MR) is 111 cm³/mol. The van der Waals surface area contributed by atoms with Crippen LogP contribution in [0.4, 0.5) is 14.6 Å². The maximum absolute atomic E-state index is 12.7. The zero-order valence-corrected chi connectivity index (χ0v) is 17.5. The number of rotatable bonds is 6. The van der Waals surface area contributed by atoms with Crippen molar-refractivity contribution in [2.75, 3.05) is 32.0 Å². The van der Waals surface area contributed by atoms with E-state index in [0.29, 0.717) is 41.5 Å². The van der Waals surface area contributed by atoms with Gasteiger partial charge in [0.25, 0.3) is 0 Å². The van der Waals surface area contributed by atoms with Crippen LogP contribution in [-0.2, 0) is 11.2 Å². The molecule has 2 saturated carbocycles. The molecular formula is C22H27F2N5O2. The monoisotopic (exact) mass is 431 g/mol. The Balaban J connectivity index is 1.36. The molecule has 31 heavy (non-hydrogen) atoms. The van der Waals surface area contributed by atoms with Crippen LogP contribution in [0.1, 0.15) is 37.2 Å². The van der Waals surface area contributed by atoms with E-state index in [9.17, 15) is 8.78 Å². The molecule has 5 rings (SSSR count). The molecule has 0 bridgehead atoms. The summed E-state index contributed by atoms with van der Waals surface area (Å²) in [4.78, 5) is 16.0. The van der Waals surface area contributed by atoms with E-state index in [1.807, 2.05) is 13.0 Å². The van der Waals surface area contributed by atoms with Crippen LogP contribution >= 0.6 is 0 Å². The van der Waals surface area contributed by atoms with Gasteiger partial charge in [-0.3, -0.25) is 4.90 Å². The third-order valence-electron chi connectivity index (χ3n) is 6.83. The molecule has 2 aromatic heterocycles. The molecule has 2 aromatic rings. The molecule has 1 aliphatic heterocycles. The van der Waals surface area contributed by atoms with Crippen molar-refractivity contribution < 1.29 is 18.3 Å². The van der Waals surface area contributed by atoms with E-state index in [0.717, 1.165) is 37.8 Å². The zero-order valence-electron chi connectivity index (χ0n) is 17.5. The summed E-state index contributed by atoms with van der Waals surface area (Å²) in [6.07, 6.45) is 4.64. The fraction of sp³-hybridized carbons (Fsp3) is 0.591. The number of pyridine rings is 1. The first-order chi connectivity index (χ1) is 15.0. The van der Waals surface area contributed by atoms with Gasteiger partial charge in [-0.15, -0.1) is 0 Å². The lowest BCUT2D eigenvalue weighted by molar-refractivity contribution is -0.0494.